The smallest absolute Gasteiger partial charge is 0.217 e. The summed E-state index contributed by atoms with van der Waals surface area (Å²) >= 11 is 1.80. The van der Waals surface area contributed by atoms with Gasteiger partial charge in [0, 0.05) is 29.6 Å². The van der Waals surface area contributed by atoms with E-state index in [1.54, 1.807) is 24.5 Å². The van der Waals surface area contributed by atoms with E-state index in [9.17, 15) is 4.79 Å². The highest BCUT2D eigenvalue weighted by Crippen LogP contribution is 2.24. The number of likely N-dealkylation sites (tertiary alicyclic amines) is 1. The van der Waals surface area contributed by atoms with E-state index in [-0.39, 0.29) is 5.91 Å². The van der Waals surface area contributed by atoms with Gasteiger partial charge in [-0.25, -0.2) is 0 Å². The maximum atomic E-state index is 9.59. The van der Waals surface area contributed by atoms with Gasteiger partial charge in [0.05, 0.1) is 6.61 Å². The van der Waals surface area contributed by atoms with E-state index in [4.69, 9.17) is 10.5 Å². The summed E-state index contributed by atoms with van der Waals surface area (Å²) in [5, 5.41) is 2.10. The molecule has 1 aliphatic rings. The van der Waals surface area contributed by atoms with Gasteiger partial charge in [-0.15, -0.1) is 11.3 Å². The van der Waals surface area contributed by atoms with Crippen LogP contribution in [0.1, 0.15) is 43.9 Å². The van der Waals surface area contributed by atoms with E-state index in [1.165, 1.54) is 37.2 Å². The van der Waals surface area contributed by atoms with E-state index >= 15 is 0 Å². The molecular weight excluding hydrogens is 310 g/mol. The van der Waals surface area contributed by atoms with Crippen LogP contribution in [0.2, 0.25) is 0 Å². The lowest BCUT2D eigenvalue weighted by molar-refractivity contribution is -0.117. The predicted molar refractivity (Wildman–Crippen MR) is 96.4 cm³/mol. The number of piperidine rings is 1. The third kappa shape index (κ3) is 9.25. The topological polar surface area (TPSA) is 81.6 Å². The lowest BCUT2D eigenvalue weighted by atomic mass is 10.1. The van der Waals surface area contributed by atoms with Gasteiger partial charge in [-0.1, -0.05) is 19.4 Å². The molecule has 1 aromatic heterocycles. The number of carbonyl (C=O) groups excluding carboxylic acids is 1. The molecule has 23 heavy (non-hydrogen) atoms. The zero-order valence-corrected chi connectivity index (χ0v) is 14.8. The average Bonchev–Trinajstić information content (AvgIpc) is 3.00. The molecule has 0 bridgehead atoms. The molecule has 0 unspecified atom stereocenters. The number of hydrogen-bond donors (Lipinski definition) is 2. The molecular formula is C17H29N3O2S. The molecule has 0 aromatic carbocycles. The highest BCUT2D eigenvalue weighted by atomic mass is 32.1. The summed E-state index contributed by atoms with van der Waals surface area (Å²) in [4.78, 5) is 13.5. The molecule has 0 aliphatic carbocycles. The number of primary amides is 1. The fraction of sp³-hybridized carbons (Fsp3) is 0.588. The molecule has 1 aromatic rings. The van der Waals surface area contributed by atoms with Gasteiger partial charge in [0.1, 0.15) is 5.75 Å². The first kappa shape index (κ1) is 19.5. The summed E-state index contributed by atoms with van der Waals surface area (Å²) < 4.78 is 5.66. The summed E-state index contributed by atoms with van der Waals surface area (Å²) in [5.41, 5.74) is 9.93. The third-order valence-corrected chi connectivity index (χ3v) is 4.40. The first-order chi connectivity index (χ1) is 11.2. The van der Waals surface area contributed by atoms with Crippen LogP contribution in [0.4, 0.5) is 0 Å². The molecule has 0 saturated carbocycles. The largest absolute Gasteiger partial charge is 0.492 e. The van der Waals surface area contributed by atoms with Gasteiger partial charge in [-0.05, 0) is 38.2 Å². The van der Waals surface area contributed by atoms with Crippen molar-refractivity contribution in [2.75, 3.05) is 19.7 Å². The highest BCUT2D eigenvalue weighted by Gasteiger charge is 2.11. The van der Waals surface area contributed by atoms with E-state index in [0.717, 1.165) is 18.7 Å². The van der Waals surface area contributed by atoms with E-state index < -0.39 is 0 Å². The van der Waals surface area contributed by atoms with Crippen molar-refractivity contribution in [1.82, 2.24) is 4.90 Å². The summed E-state index contributed by atoms with van der Waals surface area (Å²) in [5.74, 6) is 0.752. The van der Waals surface area contributed by atoms with Crippen LogP contribution in [0.3, 0.4) is 0 Å². The maximum absolute atomic E-state index is 9.59. The standard InChI is InChI=1S/C14H22N2OS.C3H7NO/c15-6-2-5-9-17-13-10-14(18-12-13)11-16-7-3-1-4-8-16;1-2-3(4)5/h2,6,10,12H,1,3-5,7-9,11,15H2;2H2,1H3,(H2,4,5)/b6-2-;. The van der Waals surface area contributed by atoms with Crippen LogP contribution in [0.15, 0.2) is 23.7 Å². The van der Waals surface area contributed by atoms with Crippen LogP contribution in [-0.4, -0.2) is 30.5 Å². The SMILES string of the molecule is CCC(N)=O.N/C=C\CCOc1csc(CN2CCCCC2)c1. The Bertz CT molecular complexity index is 468. The maximum Gasteiger partial charge on any atom is 0.217 e. The molecule has 2 rings (SSSR count). The fourth-order valence-electron chi connectivity index (χ4n) is 2.20. The first-order valence-electron chi connectivity index (χ1n) is 8.23. The van der Waals surface area contributed by atoms with Crippen molar-refractivity contribution in [3.05, 3.63) is 28.6 Å². The molecule has 5 nitrogen and oxygen atoms in total. The fourth-order valence-corrected chi connectivity index (χ4v) is 3.04. The van der Waals surface area contributed by atoms with Crippen molar-refractivity contribution in [1.29, 1.82) is 0 Å². The molecule has 4 N–H and O–H groups in total. The second-order valence-electron chi connectivity index (χ2n) is 5.47. The minimum absolute atomic E-state index is 0.245. The number of nitrogens with zero attached hydrogens (tertiary/aromatic N) is 1. The van der Waals surface area contributed by atoms with Crippen LogP contribution in [0, 0.1) is 0 Å². The van der Waals surface area contributed by atoms with E-state index in [2.05, 4.69) is 22.1 Å². The number of hydrogen-bond acceptors (Lipinski definition) is 5. The van der Waals surface area contributed by atoms with Gasteiger partial charge < -0.3 is 16.2 Å². The van der Waals surface area contributed by atoms with Gasteiger partial charge in [0.15, 0.2) is 0 Å². The number of thiophene rings is 1. The Balaban J connectivity index is 0.000000463. The van der Waals surface area contributed by atoms with Crippen molar-refractivity contribution in [2.45, 2.75) is 45.6 Å². The van der Waals surface area contributed by atoms with Gasteiger partial charge >= 0.3 is 0 Å². The van der Waals surface area contributed by atoms with Crippen molar-refractivity contribution in [3.63, 3.8) is 0 Å². The molecule has 1 fully saturated rings. The summed E-state index contributed by atoms with van der Waals surface area (Å²) in [6.45, 7) is 6.00. The lowest BCUT2D eigenvalue weighted by Gasteiger charge is -2.25. The van der Waals surface area contributed by atoms with Crippen molar-refractivity contribution in [3.8, 4) is 5.75 Å². The Morgan fingerprint density at radius 3 is 2.70 bits per heavy atom. The minimum atomic E-state index is -0.245. The highest BCUT2D eigenvalue weighted by molar-refractivity contribution is 7.10. The quantitative estimate of drug-likeness (QED) is 0.748. The van der Waals surface area contributed by atoms with Gasteiger partial charge in [-0.2, -0.15) is 0 Å². The van der Waals surface area contributed by atoms with E-state index in [0.29, 0.717) is 13.0 Å². The second kappa shape index (κ2) is 12.0. The number of amides is 1. The molecule has 1 aliphatic heterocycles. The Hall–Kier alpha value is -1.53. The van der Waals surface area contributed by atoms with Crippen LogP contribution < -0.4 is 16.2 Å². The zero-order valence-electron chi connectivity index (χ0n) is 14.0. The van der Waals surface area contributed by atoms with E-state index in [1.807, 2.05) is 6.08 Å². The molecule has 0 spiro atoms. The molecule has 0 atom stereocenters. The monoisotopic (exact) mass is 339 g/mol. The van der Waals surface area contributed by atoms with Crippen molar-refractivity contribution >= 4 is 17.2 Å². The Morgan fingerprint density at radius 1 is 1.39 bits per heavy atom. The molecule has 1 saturated heterocycles. The number of rotatable bonds is 7. The number of nitrogens with two attached hydrogens (primary N) is 2. The molecule has 2 heterocycles. The predicted octanol–water partition coefficient (Wildman–Crippen LogP) is 2.86. The van der Waals surface area contributed by atoms with Crippen molar-refractivity contribution < 1.29 is 9.53 Å². The average molecular weight is 340 g/mol. The summed E-state index contributed by atoms with van der Waals surface area (Å²) in [7, 11) is 0. The van der Waals surface area contributed by atoms with Crippen LogP contribution in [0.5, 0.6) is 5.75 Å². The van der Waals surface area contributed by atoms with Crippen LogP contribution in [-0.2, 0) is 11.3 Å². The Morgan fingerprint density at radius 2 is 2.09 bits per heavy atom. The normalized spacial score (nSPS) is 15.2. The molecule has 130 valence electrons. The second-order valence-corrected chi connectivity index (χ2v) is 6.47. The number of ether oxygens (including phenoxy) is 1. The first-order valence-corrected chi connectivity index (χ1v) is 9.11. The Kier molecular flexibility index (Phi) is 10.2. The third-order valence-electron chi connectivity index (χ3n) is 3.50. The van der Waals surface area contributed by atoms with Gasteiger partial charge in [-0.3, -0.25) is 9.69 Å². The lowest BCUT2D eigenvalue weighted by Crippen LogP contribution is -2.28. The molecule has 1 amide bonds. The Labute approximate surface area is 143 Å². The van der Waals surface area contributed by atoms with Gasteiger partial charge in [0.2, 0.25) is 5.91 Å². The summed E-state index contributed by atoms with van der Waals surface area (Å²) in [6, 6.07) is 2.17. The summed E-state index contributed by atoms with van der Waals surface area (Å²) in [6.07, 6.45) is 8.89. The molecule has 6 heteroatoms. The van der Waals surface area contributed by atoms with Gasteiger partial charge in [0.25, 0.3) is 0 Å². The van der Waals surface area contributed by atoms with Crippen LogP contribution in [0.25, 0.3) is 0 Å². The zero-order chi connectivity index (χ0) is 16.9. The van der Waals surface area contributed by atoms with Crippen LogP contribution >= 0.6 is 11.3 Å². The number of carbonyl (C=O) groups is 1. The minimum Gasteiger partial charge on any atom is -0.492 e. The van der Waals surface area contributed by atoms with Crippen molar-refractivity contribution in [2.24, 2.45) is 11.5 Å². The molecule has 0 radical (unpaired) electrons.